The second kappa shape index (κ2) is 25.3. The van der Waals surface area contributed by atoms with Crippen LogP contribution in [0.4, 0.5) is 0 Å². The molecule has 2 rings (SSSR count). The largest absolute Gasteiger partial charge is 1.00 e. The SMILES string of the molecule is CC.CC(C)C#CCCN1CCC(CN(C)C)CC1.[CH2-]N(C)CC1CCN(CCCCN)CC1.[K+]. The van der Waals surface area contributed by atoms with E-state index in [9.17, 15) is 0 Å². The van der Waals surface area contributed by atoms with Gasteiger partial charge in [-0.2, -0.15) is 0 Å². The summed E-state index contributed by atoms with van der Waals surface area (Å²) in [5, 5.41) is 0. The van der Waals surface area contributed by atoms with Crippen LogP contribution >= 0.6 is 0 Å². The molecule has 6 heteroatoms. The molecule has 2 heterocycles. The molecule has 2 aliphatic rings. The molecule has 0 aromatic carbocycles. The van der Waals surface area contributed by atoms with E-state index in [2.05, 4.69) is 73.5 Å². The van der Waals surface area contributed by atoms with Crippen LogP contribution in [0.25, 0.3) is 0 Å². The minimum absolute atomic E-state index is 0. The van der Waals surface area contributed by atoms with Crippen LogP contribution in [-0.2, 0) is 0 Å². The minimum Gasteiger partial charge on any atom is -0.462 e. The molecule has 0 radical (unpaired) electrons. The van der Waals surface area contributed by atoms with Gasteiger partial charge in [-0.15, -0.1) is 11.8 Å². The first-order valence-corrected chi connectivity index (χ1v) is 14.1. The van der Waals surface area contributed by atoms with Crippen LogP contribution < -0.4 is 57.1 Å². The first kappa shape index (κ1) is 38.1. The monoisotopic (exact) mass is 517 g/mol. The van der Waals surface area contributed by atoms with Gasteiger partial charge in [0.25, 0.3) is 0 Å². The standard InChI is InChI=1S/C15H28N2.C12H26N3.C2H6.K/c1-14(2)7-5-6-10-17-11-8-15(9-12-17)13-16(3)4;1-14(2)11-12-5-9-15(10-6-12)8-4-3-7-13;1-2;/h14-15H,6,8-13H2,1-4H3;12H,1,3-11,13H2,2H3;1-2H3;/q;-1;;+1. The number of piperidine rings is 2. The molecule has 2 aliphatic heterocycles. The Morgan fingerprint density at radius 1 is 0.857 bits per heavy atom. The maximum Gasteiger partial charge on any atom is 1.00 e. The summed E-state index contributed by atoms with van der Waals surface area (Å²) in [6, 6.07) is 0. The Labute approximate surface area is 263 Å². The fraction of sp³-hybridized carbons (Fsp3) is 0.897. The molecule has 0 spiro atoms. The molecule has 0 aliphatic carbocycles. The fourth-order valence-electron chi connectivity index (χ4n) is 4.71. The fourth-order valence-corrected chi connectivity index (χ4v) is 4.71. The number of unbranched alkanes of at least 4 members (excludes halogenated alkanes) is 1. The Morgan fingerprint density at radius 2 is 1.34 bits per heavy atom. The molecule has 2 fully saturated rings. The van der Waals surface area contributed by atoms with Crippen LogP contribution in [0.2, 0.25) is 0 Å². The third kappa shape index (κ3) is 22.7. The third-order valence-corrected chi connectivity index (χ3v) is 6.48. The summed E-state index contributed by atoms with van der Waals surface area (Å²) >= 11 is 0. The maximum atomic E-state index is 5.49. The summed E-state index contributed by atoms with van der Waals surface area (Å²) < 4.78 is 0. The molecule has 0 aromatic rings. The summed E-state index contributed by atoms with van der Waals surface area (Å²) in [6.07, 6.45) is 8.85. The zero-order chi connectivity index (χ0) is 25.8. The number of likely N-dealkylation sites (tertiary alicyclic amines) is 2. The average molecular weight is 518 g/mol. The quantitative estimate of drug-likeness (QED) is 0.206. The normalized spacial score (nSPS) is 17.7. The molecule has 2 saturated heterocycles. The van der Waals surface area contributed by atoms with Gasteiger partial charge in [0, 0.05) is 25.4 Å². The van der Waals surface area contributed by atoms with Crippen molar-refractivity contribution in [2.45, 2.75) is 72.6 Å². The summed E-state index contributed by atoms with van der Waals surface area (Å²) in [5.41, 5.74) is 5.49. The summed E-state index contributed by atoms with van der Waals surface area (Å²) in [6.45, 7) is 19.0. The molecule has 0 amide bonds. The maximum absolute atomic E-state index is 5.49. The van der Waals surface area contributed by atoms with Crippen molar-refractivity contribution in [3.8, 4) is 11.8 Å². The van der Waals surface area contributed by atoms with Gasteiger partial charge in [0.15, 0.2) is 0 Å². The molecule has 0 bridgehead atoms. The van der Waals surface area contributed by atoms with Crippen molar-refractivity contribution < 1.29 is 51.4 Å². The van der Waals surface area contributed by atoms with Crippen LogP contribution in [0.1, 0.15) is 72.6 Å². The van der Waals surface area contributed by atoms with E-state index in [0.717, 1.165) is 37.9 Å². The van der Waals surface area contributed by atoms with E-state index < -0.39 is 0 Å². The first-order valence-electron chi connectivity index (χ1n) is 14.1. The summed E-state index contributed by atoms with van der Waals surface area (Å²) in [5.74, 6) is 8.79. The van der Waals surface area contributed by atoms with Crippen molar-refractivity contribution in [1.29, 1.82) is 0 Å². The van der Waals surface area contributed by atoms with E-state index in [1.54, 1.807) is 0 Å². The van der Waals surface area contributed by atoms with E-state index in [1.807, 2.05) is 13.8 Å². The van der Waals surface area contributed by atoms with Crippen LogP contribution in [0.5, 0.6) is 0 Å². The number of nitrogens with zero attached hydrogens (tertiary/aromatic N) is 4. The Balaban J connectivity index is 0. The van der Waals surface area contributed by atoms with E-state index >= 15 is 0 Å². The number of hydrogen-bond donors (Lipinski definition) is 1. The predicted molar refractivity (Wildman–Crippen MR) is 152 cm³/mol. The number of hydrogen-bond acceptors (Lipinski definition) is 5. The molecular formula is C29H60KN5. The topological polar surface area (TPSA) is 39.0 Å². The predicted octanol–water partition coefficient (Wildman–Crippen LogP) is 1.50. The number of rotatable bonds is 10. The van der Waals surface area contributed by atoms with E-state index in [0.29, 0.717) is 5.92 Å². The molecule has 35 heavy (non-hydrogen) atoms. The smallest absolute Gasteiger partial charge is 0.462 e. The van der Waals surface area contributed by atoms with Gasteiger partial charge < -0.3 is 25.3 Å². The Bertz CT molecular complexity index is 499. The van der Waals surface area contributed by atoms with Crippen molar-refractivity contribution >= 4 is 0 Å². The van der Waals surface area contributed by atoms with Crippen LogP contribution in [-0.4, -0.2) is 99.6 Å². The Morgan fingerprint density at radius 3 is 1.77 bits per heavy atom. The van der Waals surface area contributed by atoms with E-state index in [1.165, 1.54) is 77.8 Å². The molecule has 2 N–H and O–H groups in total. The van der Waals surface area contributed by atoms with Crippen LogP contribution in [0, 0.1) is 36.6 Å². The van der Waals surface area contributed by atoms with Gasteiger partial charge >= 0.3 is 51.4 Å². The van der Waals surface area contributed by atoms with Gasteiger partial charge in [0.05, 0.1) is 0 Å². The number of nitrogens with two attached hydrogens (primary N) is 1. The van der Waals surface area contributed by atoms with Crippen LogP contribution in [0.15, 0.2) is 0 Å². The molecule has 0 atom stereocenters. The average Bonchev–Trinajstić information content (AvgIpc) is 2.80. The molecule has 0 aromatic heterocycles. The molecule has 0 unspecified atom stereocenters. The van der Waals surface area contributed by atoms with Gasteiger partial charge in [0.1, 0.15) is 0 Å². The van der Waals surface area contributed by atoms with E-state index in [4.69, 9.17) is 5.73 Å². The molecule has 5 nitrogen and oxygen atoms in total. The zero-order valence-corrected chi connectivity index (χ0v) is 28.2. The Kier molecular flexibility index (Phi) is 27.6. The van der Waals surface area contributed by atoms with Crippen LogP contribution in [0.3, 0.4) is 0 Å². The van der Waals surface area contributed by atoms with Gasteiger partial charge in [-0.1, -0.05) is 27.7 Å². The van der Waals surface area contributed by atoms with Crippen molar-refractivity contribution in [2.24, 2.45) is 23.5 Å². The van der Waals surface area contributed by atoms with E-state index in [-0.39, 0.29) is 51.4 Å². The van der Waals surface area contributed by atoms with Gasteiger partial charge in [0.2, 0.25) is 0 Å². The summed E-state index contributed by atoms with van der Waals surface area (Å²) in [4.78, 5) is 9.53. The van der Waals surface area contributed by atoms with Crippen molar-refractivity contribution in [3.05, 3.63) is 7.05 Å². The van der Waals surface area contributed by atoms with Gasteiger partial charge in [-0.3, -0.25) is 7.05 Å². The van der Waals surface area contributed by atoms with Gasteiger partial charge in [-0.25, -0.2) is 0 Å². The molecule has 0 saturated carbocycles. The first-order chi connectivity index (χ1) is 16.3. The Hall–Kier alpha value is 0.996. The second-order valence-electron chi connectivity index (χ2n) is 10.6. The minimum atomic E-state index is 0. The van der Waals surface area contributed by atoms with Gasteiger partial charge in [-0.05, 0) is 117 Å². The van der Waals surface area contributed by atoms with Crippen molar-refractivity contribution in [3.63, 3.8) is 0 Å². The zero-order valence-electron chi connectivity index (χ0n) is 25.1. The molecule has 202 valence electrons. The third-order valence-electron chi connectivity index (χ3n) is 6.48. The molecular weight excluding hydrogens is 457 g/mol. The summed E-state index contributed by atoms with van der Waals surface area (Å²) in [7, 11) is 10.3. The second-order valence-corrected chi connectivity index (χ2v) is 10.6. The van der Waals surface area contributed by atoms with Crippen molar-refractivity contribution in [2.75, 3.05) is 80.0 Å². The van der Waals surface area contributed by atoms with Crippen molar-refractivity contribution in [1.82, 2.24) is 19.6 Å².